The molecule has 2 heterocycles. The maximum Gasteiger partial charge on any atom is 0.243 e. The van der Waals surface area contributed by atoms with Crippen LogP contribution in [0.5, 0.6) is 5.75 Å². The van der Waals surface area contributed by atoms with Gasteiger partial charge in [0.05, 0.1) is 19.3 Å². The van der Waals surface area contributed by atoms with Crippen molar-refractivity contribution in [1.82, 2.24) is 26.2 Å². The molecule has 1 saturated heterocycles. The molecule has 10 nitrogen and oxygen atoms in total. The molecule has 0 aromatic heterocycles. The number of para-hydroxylation sites is 1. The first-order valence-electron chi connectivity index (χ1n) is 15.6. The summed E-state index contributed by atoms with van der Waals surface area (Å²) >= 11 is 0. The van der Waals surface area contributed by atoms with Gasteiger partial charge in [-0.3, -0.25) is 24.6 Å². The highest BCUT2D eigenvalue weighted by molar-refractivity contribution is 5.93. The Bertz CT molecular complexity index is 1250. The molecular formula is C33H46FN5O5. The van der Waals surface area contributed by atoms with Gasteiger partial charge in [-0.25, -0.2) is 4.39 Å². The zero-order valence-corrected chi connectivity index (χ0v) is 25.9. The number of fused-ring (bicyclic) bond motifs is 1. The van der Waals surface area contributed by atoms with Crippen LogP contribution in [0, 0.1) is 11.7 Å². The smallest absolute Gasteiger partial charge is 0.243 e. The molecule has 4 N–H and O–H groups in total. The SMILES string of the molecule is CC(C)[C@@H]1NC(=O)[C@@H](Cc2cccc(F)c2)N[C@@H](C)COc2ccccc2CCCNC(=O)[C@H](CN2CCOCC2)NC1=O. The van der Waals surface area contributed by atoms with Gasteiger partial charge in [0.15, 0.2) is 0 Å². The molecule has 0 aliphatic carbocycles. The first-order valence-corrected chi connectivity index (χ1v) is 15.6. The number of rotatable bonds is 5. The van der Waals surface area contributed by atoms with Crippen molar-refractivity contribution in [2.45, 2.75) is 64.2 Å². The maximum absolute atomic E-state index is 14.0. The third-order valence-corrected chi connectivity index (χ3v) is 7.94. The number of morpholine rings is 1. The van der Waals surface area contributed by atoms with Crippen LogP contribution in [0.1, 0.15) is 38.3 Å². The van der Waals surface area contributed by atoms with Crippen molar-refractivity contribution in [3.8, 4) is 5.75 Å². The summed E-state index contributed by atoms with van der Waals surface area (Å²) in [6, 6.07) is 11.2. The highest BCUT2D eigenvalue weighted by Crippen LogP contribution is 2.20. The third kappa shape index (κ3) is 10.0. The summed E-state index contributed by atoms with van der Waals surface area (Å²) in [4.78, 5) is 42.9. The first kappa shape index (κ1) is 33.4. The van der Waals surface area contributed by atoms with E-state index in [0.29, 0.717) is 57.8 Å². The summed E-state index contributed by atoms with van der Waals surface area (Å²) in [6.45, 7) is 9.11. The molecule has 1 fully saturated rings. The van der Waals surface area contributed by atoms with E-state index in [9.17, 15) is 18.8 Å². The number of carbonyl (C=O) groups excluding carboxylic acids is 3. The molecule has 2 aromatic rings. The van der Waals surface area contributed by atoms with Gasteiger partial charge < -0.3 is 25.4 Å². The summed E-state index contributed by atoms with van der Waals surface area (Å²) < 4.78 is 25.7. The average Bonchev–Trinajstić information content (AvgIpc) is 3.00. The molecule has 4 atom stereocenters. The third-order valence-electron chi connectivity index (χ3n) is 7.94. The normalized spacial score (nSPS) is 25.1. The van der Waals surface area contributed by atoms with E-state index in [4.69, 9.17) is 9.47 Å². The minimum Gasteiger partial charge on any atom is -0.492 e. The van der Waals surface area contributed by atoms with Crippen molar-refractivity contribution in [2.75, 3.05) is 46.0 Å². The van der Waals surface area contributed by atoms with Crippen molar-refractivity contribution >= 4 is 17.7 Å². The van der Waals surface area contributed by atoms with Crippen LogP contribution in [0.25, 0.3) is 0 Å². The van der Waals surface area contributed by atoms with E-state index >= 15 is 0 Å². The molecule has 3 amide bonds. The van der Waals surface area contributed by atoms with Crippen molar-refractivity contribution in [3.05, 3.63) is 65.5 Å². The molecule has 2 aliphatic rings. The molecule has 2 aromatic carbocycles. The predicted octanol–water partition coefficient (Wildman–Crippen LogP) is 1.81. The first-order chi connectivity index (χ1) is 21.2. The van der Waals surface area contributed by atoms with Gasteiger partial charge in [0.25, 0.3) is 0 Å². The van der Waals surface area contributed by atoms with Gasteiger partial charge in [0.1, 0.15) is 30.3 Å². The van der Waals surface area contributed by atoms with E-state index in [2.05, 4.69) is 26.2 Å². The van der Waals surface area contributed by atoms with E-state index in [-0.39, 0.29) is 36.7 Å². The van der Waals surface area contributed by atoms with Gasteiger partial charge in [-0.1, -0.05) is 44.2 Å². The molecule has 0 unspecified atom stereocenters. The lowest BCUT2D eigenvalue weighted by Crippen LogP contribution is -2.61. The van der Waals surface area contributed by atoms with Crippen molar-refractivity contribution < 1.29 is 28.2 Å². The zero-order chi connectivity index (χ0) is 31.5. The molecule has 11 heteroatoms. The van der Waals surface area contributed by atoms with Gasteiger partial charge in [0.2, 0.25) is 17.7 Å². The second-order valence-corrected chi connectivity index (χ2v) is 12.0. The van der Waals surface area contributed by atoms with E-state index < -0.39 is 29.9 Å². The van der Waals surface area contributed by atoms with Crippen molar-refractivity contribution in [1.29, 1.82) is 0 Å². The van der Waals surface area contributed by atoms with Crippen LogP contribution in [-0.4, -0.2) is 92.8 Å². The van der Waals surface area contributed by atoms with Crippen LogP contribution in [0.4, 0.5) is 4.39 Å². The number of amides is 3. The molecular weight excluding hydrogens is 565 g/mol. The van der Waals surface area contributed by atoms with Gasteiger partial charge in [-0.05, 0) is 61.4 Å². The summed E-state index contributed by atoms with van der Waals surface area (Å²) in [5, 5.41) is 12.2. The van der Waals surface area contributed by atoms with Gasteiger partial charge >= 0.3 is 0 Å². The number of nitrogens with zero attached hydrogens (tertiary/aromatic N) is 1. The minimum atomic E-state index is -0.892. The molecule has 0 radical (unpaired) electrons. The van der Waals surface area contributed by atoms with E-state index in [0.717, 1.165) is 11.3 Å². The fourth-order valence-electron chi connectivity index (χ4n) is 5.48. The molecule has 4 rings (SSSR count). The number of carbonyl (C=O) groups is 3. The van der Waals surface area contributed by atoms with E-state index in [1.165, 1.54) is 12.1 Å². The average molecular weight is 612 g/mol. The lowest BCUT2D eigenvalue weighted by Gasteiger charge is -2.32. The lowest BCUT2D eigenvalue weighted by molar-refractivity contribution is -0.134. The van der Waals surface area contributed by atoms with Crippen LogP contribution in [-0.2, 0) is 32.0 Å². The largest absolute Gasteiger partial charge is 0.492 e. The van der Waals surface area contributed by atoms with Crippen LogP contribution < -0.4 is 26.0 Å². The van der Waals surface area contributed by atoms with Crippen molar-refractivity contribution in [3.63, 3.8) is 0 Å². The predicted molar refractivity (Wildman–Crippen MR) is 166 cm³/mol. The minimum absolute atomic E-state index is 0.207. The highest BCUT2D eigenvalue weighted by Gasteiger charge is 2.32. The van der Waals surface area contributed by atoms with E-state index in [1.807, 2.05) is 45.0 Å². The molecule has 240 valence electrons. The number of hydrogen-bond acceptors (Lipinski definition) is 7. The summed E-state index contributed by atoms with van der Waals surface area (Å²) in [5.74, 6) is -1.01. The second-order valence-electron chi connectivity index (χ2n) is 12.0. The van der Waals surface area contributed by atoms with Gasteiger partial charge in [0, 0.05) is 32.2 Å². The Kier molecular flexibility index (Phi) is 12.5. The summed E-state index contributed by atoms with van der Waals surface area (Å²) in [6.07, 6.45) is 1.59. The molecule has 0 saturated carbocycles. The standard InChI is InChI=1S/C33H46FN5O5/c1-22(2)30-33(42)37-28(20-39-14-16-43-17-15-39)31(40)35-13-7-10-25-9-4-5-12-29(25)44-21-23(3)36-27(32(41)38-30)19-24-8-6-11-26(34)18-24/h4-6,8-9,11-12,18,22-23,27-28,30,36H,7,10,13-17,19-21H2,1-3H3,(H,35,40)(H,37,42)(H,38,41)/t23-,27+,28-,30-/m0/s1. The number of aryl methyl sites for hydroxylation is 1. The number of ether oxygens (including phenoxy) is 2. The van der Waals surface area contributed by atoms with Crippen LogP contribution in [0.3, 0.4) is 0 Å². The maximum atomic E-state index is 14.0. The van der Waals surface area contributed by atoms with Crippen LogP contribution in [0.15, 0.2) is 48.5 Å². The Morgan fingerprint density at radius 3 is 2.48 bits per heavy atom. The highest BCUT2D eigenvalue weighted by atomic mass is 19.1. The van der Waals surface area contributed by atoms with Gasteiger partial charge in [-0.2, -0.15) is 0 Å². The number of nitrogens with one attached hydrogen (secondary N) is 4. The second kappa shape index (κ2) is 16.5. The topological polar surface area (TPSA) is 121 Å². The Morgan fingerprint density at radius 2 is 1.73 bits per heavy atom. The summed E-state index contributed by atoms with van der Waals surface area (Å²) in [5.41, 5.74) is 1.66. The fraction of sp³-hybridized carbons (Fsp3) is 0.545. The molecule has 0 spiro atoms. The number of hydrogen-bond donors (Lipinski definition) is 4. The quantitative estimate of drug-likeness (QED) is 0.407. The van der Waals surface area contributed by atoms with Crippen molar-refractivity contribution in [2.24, 2.45) is 5.92 Å². The fourth-order valence-corrected chi connectivity index (χ4v) is 5.48. The Labute approximate surface area is 259 Å². The molecule has 0 bridgehead atoms. The van der Waals surface area contributed by atoms with Gasteiger partial charge in [-0.15, -0.1) is 0 Å². The monoisotopic (exact) mass is 611 g/mol. The molecule has 2 aliphatic heterocycles. The number of benzene rings is 2. The van der Waals surface area contributed by atoms with Crippen LogP contribution in [0.2, 0.25) is 0 Å². The van der Waals surface area contributed by atoms with Crippen LogP contribution >= 0.6 is 0 Å². The van der Waals surface area contributed by atoms with E-state index in [1.54, 1.807) is 12.1 Å². The Hall–Kier alpha value is -3.54. The Balaban J connectivity index is 1.60. The Morgan fingerprint density at radius 1 is 0.955 bits per heavy atom. The lowest BCUT2D eigenvalue weighted by atomic mass is 10.00. The summed E-state index contributed by atoms with van der Waals surface area (Å²) in [7, 11) is 0. The number of halogens is 1. The molecule has 44 heavy (non-hydrogen) atoms. The zero-order valence-electron chi connectivity index (χ0n) is 25.9.